The molecular weight excluding hydrogens is 294 g/mol. The number of aromatic nitrogens is 2. The highest BCUT2D eigenvalue weighted by Crippen LogP contribution is 2.12. The third-order valence-electron chi connectivity index (χ3n) is 3.44. The highest BCUT2D eigenvalue weighted by Gasteiger charge is 2.13. The molecule has 0 spiro atoms. The number of anilines is 1. The molecule has 0 fully saturated rings. The van der Waals surface area contributed by atoms with Gasteiger partial charge in [-0.25, -0.2) is 0 Å². The lowest BCUT2D eigenvalue weighted by molar-refractivity contribution is -0.138. The minimum Gasteiger partial charge on any atom is -0.481 e. The van der Waals surface area contributed by atoms with E-state index in [1.165, 1.54) is 5.56 Å². The van der Waals surface area contributed by atoms with E-state index in [0.29, 0.717) is 12.2 Å². The van der Waals surface area contributed by atoms with Crippen LogP contribution in [0.1, 0.15) is 30.9 Å². The van der Waals surface area contributed by atoms with Crippen molar-refractivity contribution in [3.8, 4) is 0 Å². The predicted molar refractivity (Wildman–Crippen MR) is 87.2 cm³/mol. The highest BCUT2D eigenvalue weighted by atomic mass is 16.4. The van der Waals surface area contributed by atoms with Crippen LogP contribution in [0.2, 0.25) is 0 Å². The molecule has 6 nitrogen and oxygen atoms in total. The van der Waals surface area contributed by atoms with Crippen LogP contribution < -0.4 is 5.32 Å². The third-order valence-corrected chi connectivity index (χ3v) is 3.44. The predicted octanol–water partition coefficient (Wildman–Crippen LogP) is 2.68. The fourth-order valence-electron chi connectivity index (χ4n) is 2.29. The van der Waals surface area contributed by atoms with Gasteiger partial charge >= 0.3 is 5.97 Å². The molecule has 1 amide bonds. The van der Waals surface area contributed by atoms with E-state index >= 15 is 0 Å². The molecule has 1 aromatic carbocycles. The number of nitrogens with zero attached hydrogens (tertiary/aromatic N) is 2. The van der Waals surface area contributed by atoms with Gasteiger partial charge in [-0.05, 0) is 18.4 Å². The smallest absolute Gasteiger partial charge is 0.303 e. The Morgan fingerprint density at radius 1 is 1.26 bits per heavy atom. The largest absolute Gasteiger partial charge is 0.481 e. The summed E-state index contributed by atoms with van der Waals surface area (Å²) in [5, 5.41) is 15.7. The summed E-state index contributed by atoms with van der Waals surface area (Å²) in [6, 6.07) is 8.18. The van der Waals surface area contributed by atoms with Crippen LogP contribution in [0, 0.1) is 12.8 Å². The van der Waals surface area contributed by atoms with Crippen molar-refractivity contribution in [2.24, 2.45) is 5.92 Å². The Bertz CT molecular complexity index is 677. The maximum Gasteiger partial charge on any atom is 0.303 e. The summed E-state index contributed by atoms with van der Waals surface area (Å²) < 4.78 is 1.75. The van der Waals surface area contributed by atoms with Gasteiger partial charge in [0.2, 0.25) is 5.91 Å². The fourth-order valence-corrected chi connectivity index (χ4v) is 2.29. The summed E-state index contributed by atoms with van der Waals surface area (Å²) in [6.45, 7) is 4.41. The van der Waals surface area contributed by atoms with Gasteiger partial charge in [-0.1, -0.05) is 36.8 Å². The van der Waals surface area contributed by atoms with Crippen molar-refractivity contribution in [3.63, 3.8) is 0 Å². The number of aryl methyl sites for hydroxylation is 1. The first-order valence-corrected chi connectivity index (χ1v) is 7.52. The Labute approximate surface area is 135 Å². The van der Waals surface area contributed by atoms with Crippen LogP contribution in [0.15, 0.2) is 36.7 Å². The summed E-state index contributed by atoms with van der Waals surface area (Å²) in [5.74, 6) is -1.29. The average Bonchev–Trinajstić information content (AvgIpc) is 2.87. The van der Waals surface area contributed by atoms with Crippen molar-refractivity contribution in [2.75, 3.05) is 5.32 Å². The Kier molecular flexibility index (Phi) is 5.51. The van der Waals surface area contributed by atoms with Crippen LogP contribution in [-0.4, -0.2) is 26.8 Å². The SMILES string of the molecule is Cc1ccc(Cn2cc(NC(=O)CC(C)CC(=O)O)cn2)cc1. The van der Waals surface area contributed by atoms with Crippen LogP contribution in [0.3, 0.4) is 0 Å². The first kappa shape index (κ1) is 16.7. The van der Waals surface area contributed by atoms with Gasteiger partial charge in [0.05, 0.1) is 18.4 Å². The van der Waals surface area contributed by atoms with Crippen molar-refractivity contribution >= 4 is 17.6 Å². The average molecular weight is 315 g/mol. The van der Waals surface area contributed by atoms with E-state index in [1.807, 2.05) is 31.2 Å². The first-order chi connectivity index (χ1) is 10.9. The number of carbonyl (C=O) groups is 2. The Balaban J connectivity index is 1.88. The van der Waals surface area contributed by atoms with Crippen molar-refractivity contribution < 1.29 is 14.7 Å². The van der Waals surface area contributed by atoms with Crippen molar-refractivity contribution in [1.82, 2.24) is 9.78 Å². The lowest BCUT2D eigenvalue weighted by Crippen LogP contribution is -2.16. The van der Waals surface area contributed by atoms with Crippen LogP contribution in [-0.2, 0) is 16.1 Å². The fraction of sp³-hybridized carbons (Fsp3) is 0.353. The monoisotopic (exact) mass is 315 g/mol. The summed E-state index contributed by atoms with van der Waals surface area (Å²) in [4.78, 5) is 22.5. The second kappa shape index (κ2) is 7.58. The van der Waals surface area contributed by atoms with Crippen molar-refractivity contribution in [1.29, 1.82) is 0 Å². The maximum absolute atomic E-state index is 11.9. The summed E-state index contributed by atoms with van der Waals surface area (Å²) >= 11 is 0. The topological polar surface area (TPSA) is 84.2 Å². The standard InChI is InChI=1S/C17H21N3O3/c1-12-3-5-14(6-4-12)10-20-11-15(9-18-20)19-16(21)7-13(2)8-17(22)23/h3-6,9,11,13H,7-8,10H2,1-2H3,(H,19,21)(H,22,23). The zero-order valence-corrected chi connectivity index (χ0v) is 13.3. The molecule has 0 aliphatic rings. The van der Waals surface area contributed by atoms with Gasteiger partial charge in [0.15, 0.2) is 0 Å². The van der Waals surface area contributed by atoms with Gasteiger partial charge < -0.3 is 10.4 Å². The molecule has 2 rings (SSSR count). The molecule has 0 saturated carbocycles. The van der Waals surface area contributed by atoms with Gasteiger partial charge in [-0.3, -0.25) is 14.3 Å². The zero-order chi connectivity index (χ0) is 16.8. The molecule has 6 heteroatoms. The Hall–Kier alpha value is -2.63. The maximum atomic E-state index is 11.9. The molecule has 0 bridgehead atoms. The zero-order valence-electron chi connectivity index (χ0n) is 13.3. The van der Waals surface area contributed by atoms with Crippen LogP contribution in [0.4, 0.5) is 5.69 Å². The molecule has 0 saturated heterocycles. The minimum atomic E-state index is -0.892. The second-order valence-corrected chi connectivity index (χ2v) is 5.87. The van der Waals surface area contributed by atoms with Crippen LogP contribution >= 0.6 is 0 Å². The van der Waals surface area contributed by atoms with E-state index in [9.17, 15) is 9.59 Å². The summed E-state index contributed by atoms with van der Waals surface area (Å²) in [6.07, 6.45) is 3.52. The number of carboxylic acid groups (broad SMARTS) is 1. The van der Waals surface area contributed by atoms with E-state index < -0.39 is 5.97 Å². The molecule has 23 heavy (non-hydrogen) atoms. The van der Waals surface area contributed by atoms with Gasteiger partial charge in [0.1, 0.15) is 0 Å². The Morgan fingerprint density at radius 2 is 1.96 bits per heavy atom. The minimum absolute atomic E-state index is 0.0138. The molecule has 1 aromatic heterocycles. The van der Waals surface area contributed by atoms with Crippen molar-refractivity contribution in [3.05, 3.63) is 47.8 Å². The normalized spacial score (nSPS) is 11.9. The molecule has 2 N–H and O–H groups in total. The van der Waals surface area contributed by atoms with Crippen LogP contribution in [0.5, 0.6) is 0 Å². The van der Waals surface area contributed by atoms with E-state index in [0.717, 1.165) is 5.56 Å². The summed E-state index contributed by atoms with van der Waals surface area (Å²) in [7, 11) is 0. The van der Waals surface area contributed by atoms with Gasteiger partial charge in [-0.2, -0.15) is 5.10 Å². The number of benzene rings is 1. The lowest BCUT2D eigenvalue weighted by atomic mass is 10.0. The highest BCUT2D eigenvalue weighted by molar-refractivity contribution is 5.90. The number of carboxylic acids is 1. The van der Waals surface area contributed by atoms with Gasteiger partial charge in [0, 0.05) is 19.0 Å². The first-order valence-electron chi connectivity index (χ1n) is 7.52. The molecule has 0 aliphatic heterocycles. The van der Waals surface area contributed by atoms with Gasteiger partial charge in [0.25, 0.3) is 0 Å². The number of aliphatic carboxylic acids is 1. The number of hydrogen-bond acceptors (Lipinski definition) is 3. The van der Waals surface area contributed by atoms with E-state index in [4.69, 9.17) is 5.11 Å². The number of hydrogen-bond donors (Lipinski definition) is 2. The lowest BCUT2D eigenvalue weighted by Gasteiger charge is -2.07. The Morgan fingerprint density at radius 3 is 2.61 bits per heavy atom. The number of nitrogens with one attached hydrogen (secondary N) is 1. The molecular formula is C17H21N3O3. The van der Waals surface area contributed by atoms with E-state index in [2.05, 4.69) is 10.4 Å². The number of rotatable bonds is 7. The molecule has 2 aromatic rings. The van der Waals surface area contributed by atoms with Crippen LogP contribution in [0.25, 0.3) is 0 Å². The third kappa shape index (κ3) is 5.58. The molecule has 1 unspecified atom stereocenters. The molecule has 0 aliphatic carbocycles. The van der Waals surface area contributed by atoms with Crippen molar-refractivity contribution in [2.45, 2.75) is 33.2 Å². The van der Waals surface area contributed by atoms with Gasteiger partial charge in [-0.15, -0.1) is 0 Å². The number of amides is 1. The number of carbonyl (C=O) groups excluding carboxylic acids is 1. The molecule has 122 valence electrons. The quantitative estimate of drug-likeness (QED) is 0.822. The van der Waals surface area contributed by atoms with E-state index in [1.54, 1.807) is 24.0 Å². The second-order valence-electron chi connectivity index (χ2n) is 5.87. The molecule has 0 radical (unpaired) electrons. The summed E-state index contributed by atoms with van der Waals surface area (Å²) in [5.41, 5.74) is 2.95. The van der Waals surface area contributed by atoms with E-state index in [-0.39, 0.29) is 24.7 Å². The molecule has 1 atom stereocenters. The molecule has 1 heterocycles.